The third-order valence-electron chi connectivity index (χ3n) is 2.88. The second-order valence-electron chi connectivity index (χ2n) is 4.75. The van der Waals surface area contributed by atoms with Crippen molar-refractivity contribution in [3.8, 4) is 5.75 Å². The summed E-state index contributed by atoms with van der Waals surface area (Å²) in [6.45, 7) is 9.14. The molecule has 1 aromatic rings. The van der Waals surface area contributed by atoms with Gasteiger partial charge >= 0.3 is 7.12 Å². The lowest BCUT2D eigenvalue weighted by Crippen LogP contribution is -2.40. The van der Waals surface area contributed by atoms with Crippen molar-refractivity contribution in [1.29, 1.82) is 0 Å². The SMILES string of the molecule is CC.CC1(C)COc2ccc(Br)c3c2B(OC3)O1.CN. The van der Waals surface area contributed by atoms with Crippen molar-refractivity contribution in [2.45, 2.75) is 39.9 Å². The predicted octanol–water partition coefficient (Wildman–Crippen LogP) is 2.46. The molecule has 0 spiro atoms. The molecule has 2 aliphatic heterocycles. The van der Waals surface area contributed by atoms with Gasteiger partial charge in [0, 0.05) is 9.94 Å². The number of nitrogens with two attached hydrogens (primary N) is 1. The first kappa shape index (κ1) is 17.5. The van der Waals surface area contributed by atoms with Gasteiger partial charge in [-0.2, -0.15) is 0 Å². The Labute approximate surface area is 130 Å². The van der Waals surface area contributed by atoms with Crippen molar-refractivity contribution in [3.05, 3.63) is 22.2 Å². The summed E-state index contributed by atoms with van der Waals surface area (Å²) >= 11 is 3.53. The monoisotopic (exact) mass is 343 g/mol. The molecule has 0 radical (unpaired) electrons. The number of benzene rings is 1. The van der Waals surface area contributed by atoms with Crippen LogP contribution in [-0.2, 0) is 15.9 Å². The van der Waals surface area contributed by atoms with E-state index in [9.17, 15) is 0 Å². The van der Waals surface area contributed by atoms with Gasteiger partial charge in [-0.3, -0.25) is 0 Å². The first-order chi connectivity index (χ1) is 9.57. The zero-order valence-electron chi connectivity index (χ0n) is 12.8. The van der Waals surface area contributed by atoms with E-state index in [4.69, 9.17) is 14.0 Å². The van der Waals surface area contributed by atoms with Crippen LogP contribution in [0.5, 0.6) is 5.75 Å². The van der Waals surface area contributed by atoms with Crippen LogP contribution in [0.2, 0.25) is 0 Å². The number of hydrogen-bond donors (Lipinski definition) is 1. The lowest BCUT2D eigenvalue weighted by Gasteiger charge is -2.24. The fraction of sp³-hybridized carbons (Fsp3) is 0.571. The van der Waals surface area contributed by atoms with E-state index in [-0.39, 0.29) is 12.7 Å². The Morgan fingerprint density at radius 3 is 2.55 bits per heavy atom. The Kier molecular flexibility index (Phi) is 6.52. The molecular formula is C14H23BBrNO3. The molecule has 2 aliphatic rings. The van der Waals surface area contributed by atoms with Gasteiger partial charge in [0.25, 0.3) is 0 Å². The maximum atomic E-state index is 5.91. The van der Waals surface area contributed by atoms with E-state index >= 15 is 0 Å². The summed E-state index contributed by atoms with van der Waals surface area (Å²) < 4.78 is 18.4. The van der Waals surface area contributed by atoms with Crippen LogP contribution in [0, 0.1) is 0 Å². The third-order valence-corrected chi connectivity index (χ3v) is 3.62. The Bertz CT molecular complexity index is 454. The number of halogens is 1. The third kappa shape index (κ3) is 3.55. The first-order valence-electron chi connectivity index (χ1n) is 6.88. The summed E-state index contributed by atoms with van der Waals surface area (Å²) in [6, 6.07) is 3.97. The molecule has 1 aromatic carbocycles. The standard InChI is InChI=1S/C11H12BBrO3.C2H6.CH5N/c1-11(2)6-14-9-4-3-8(13)7-5-15-12(16-11)10(7)9;2*1-2/h3-4H,5-6H2,1-2H3;1-2H3;2H2,1H3. The maximum Gasteiger partial charge on any atom is 0.498 e. The normalized spacial score (nSPS) is 17.6. The molecular weight excluding hydrogens is 321 g/mol. The summed E-state index contributed by atoms with van der Waals surface area (Å²) in [5.74, 6) is 0.881. The summed E-state index contributed by atoms with van der Waals surface area (Å²) in [5, 5.41) is 0. The minimum absolute atomic E-state index is 0.292. The second-order valence-corrected chi connectivity index (χ2v) is 5.60. The molecule has 0 aromatic heterocycles. The number of rotatable bonds is 0. The Morgan fingerprint density at radius 2 is 1.90 bits per heavy atom. The van der Waals surface area contributed by atoms with E-state index in [2.05, 4.69) is 21.7 Å². The molecule has 4 nitrogen and oxygen atoms in total. The van der Waals surface area contributed by atoms with Gasteiger partial charge in [0.2, 0.25) is 0 Å². The largest absolute Gasteiger partial charge is 0.498 e. The summed E-state index contributed by atoms with van der Waals surface area (Å²) in [7, 11) is 1.21. The highest BCUT2D eigenvalue weighted by molar-refractivity contribution is 9.10. The molecule has 112 valence electrons. The Morgan fingerprint density at radius 1 is 1.25 bits per heavy atom. The van der Waals surface area contributed by atoms with Crippen LogP contribution in [0.4, 0.5) is 0 Å². The van der Waals surface area contributed by atoms with E-state index in [1.165, 1.54) is 7.05 Å². The molecule has 0 saturated carbocycles. The van der Waals surface area contributed by atoms with Crippen LogP contribution in [0.1, 0.15) is 33.3 Å². The van der Waals surface area contributed by atoms with Crippen LogP contribution in [-0.4, -0.2) is 26.4 Å². The van der Waals surface area contributed by atoms with Crippen molar-refractivity contribution in [2.75, 3.05) is 13.7 Å². The van der Waals surface area contributed by atoms with Gasteiger partial charge in [0.15, 0.2) is 0 Å². The quantitative estimate of drug-likeness (QED) is 0.735. The van der Waals surface area contributed by atoms with Crippen LogP contribution in [0.3, 0.4) is 0 Å². The van der Waals surface area contributed by atoms with E-state index in [0.29, 0.717) is 13.2 Å². The summed E-state index contributed by atoms with van der Waals surface area (Å²) in [4.78, 5) is 0. The van der Waals surface area contributed by atoms with Crippen LogP contribution >= 0.6 is 15.9 Å². The molecule has 0 amide bonds. The van der Waals surface area contributed by atoms with Gasteiger partial charge in [-0.25, -0.2) is 0 Å². The van der Waals surface area contributed by atoms with E-state index in [1.54, 1.807) is 0 Å². The first-order valence-corrected chi connectivity index (χ1v) is 7.67. The zero-order valence-corrected chi connectivity index (χ0v) is 14.4. The molecule has 0 saturated heterocycles. The second kappa shape index (κ2) is 7.45. The molecule has 0 atom stereocenters. The van der Waals surface area contributed by atoms with Crippen molar-refractivity contribution in [3.63, 3.8) is 0 Å². The Balaban J connectivity index is 0.000000461. The van der Waals surface area contributed by atoms with E-state index < -0.39 is 0 Å². The lowest BCUT2D eigenvalue weighted by atomic mass is 9.77. The number of ether oxygens (including phenoxy) is 1. The van der Waals surface area contributed by atoms with Gasteiger partial charge in [-0.05, 0) is 38.6 Å². The molecule has 0 bridgehead atoms. The average molecular weight is 344 g/mol. The molecule has 0 aliphatic carbocycles. The topological polar surface area (TPSA) is 53.7 Å². The summed E-state index contributed by atoms with van der Waals surface area (Å²) in [6.07, 6.45) is 0. The van der Waals surface area contributed by atoms with Crippen molar-refractivity contribution in [2.24, 2.45) is 5.73 Å². The molecule has 2 heterocycles. The highest BCUT2D eigenvalue weighted by Crippen LogP contribution is 2.31. The van der Waals surface area contributed by atoms with Gasteiger partial charge in [0.1, 0.15) is 12.4 Å². The fourth-order valence-electron chi connectivity index (χ4n) is 2.06. The maximum absolute atomic E-state index is 5.91. The highest BCUT2D eigenvalue weighted by Gasteiger charge is 2.42. The summed E-state index contributed by atoms with van der Waals surface area (Å²) in [5.41, 5.74) is 6.36. The van der Waals surface area contributed by atoms with E-state index in [1.807, 2.05) is 39.8 Å². The lowest BCUT2D eigenvalue weighted by molar-refractivity contribution is 0.0352. The molecule has 0 unspecified atom stereocenters. The molecule has 2 N–H and O–H groups in total. The van der Waals surface area contributed by atoms with Gasteiger partial charge < -0.3 is 19.8 Å². The molecule has 6 heteroatoms. The Hall–Kier alpha value is -0.555. The fourth-order valence-corrected chi connectivity index (χ4v) is 2.52. The minimum atomic E-state index is -0.322. The highest BCUT2D eigenvalue weighted by atomic mass is 79.9. The van der Waals surface area contributed by atoms with Gasteiger partial charge in [0.05, 0.1) is 12.2 Å². The van der Waals surface area contributed by atoms with Crippen molar-refractivity contribution >= 4 is 28.5 Å². The van der Waals surface area contributed by atoms with Crippen molar-refractivity contribution in [1.82, 2.24) is 0 Å². The van der Waals surface area contributed by atoms with Crippen LogP contribution in [0.15, 0.2) is 16.6 Å². The van der Waals surface area contributed by atoms with Crippen LogP contribution < -0.4 is 15.9 Å². The average Bonchev–Trinajstić information content (AvgIpc) is 2.81. The van der Waals surface area contributed by atoms with E-state index in [0.717, 1.165) is 21.2 Å². The van der Waals surface area contributed by atoms with Crippen LogP contribution in [0.25, 0.3) is 0 Å². The van der Waals surface area contributed by atoms with Gasteiger partial charge in [-0.15, -0.1) is 0 Å². The van der Waals surface area contributed by atoms with Gasteiger partial charge in [-0.1, -0.05) is 29.8 Å². The van der Waals surface area contributed by atoms with Crippen molar-refractivity contribution < 1.29 is 14.0 Å². The minimum Gasteiger partial charge on any atom is -0.491 e. The number of hydrogen-bond acceptors (Lipinski definition) is 4. The zero-order chi connectivity index (χ0) is 15.3. The molecule has 0 fully saturated rings. The molecule has 20 heavy (non-hydrogen) atoms. The molecule has 3 rings (SSSR count). The predicted molar refractivity (Wildman–Crippen MR) is 86.4 cm³/mol. The smallest absolute Gasteiger partial charge is 0.491 e.